The maximum atomic E-state index is 10.7. The number of alkyl halides is 3. The van der Waals surface area contributed by atoms with Crippen LogP contribution < -0.4 is 29.9 Å². The molecule has 2 saturated heterocycles. The number of hydrogen-bond donors (Lipinski definition) is 3. The van der Waals surface area contributed by atoms with Crippen molar-refractivity contribution < 1.29 is 35.6 Å². The minimum Gasteiger partial charge on any atom is -0.497 e. The van der Waals surface area contributed by atoms with Gasteiger partial charge in [-0.15, -0.1) is 0 Å². The number of nitrogens with one attached hydrogen (secondary N) is 2. The summed E-state index contributed by atoms with van der Waals surface area (Å²) in [7, 11) is -2.41. The summed E-state index contributed by atoms with van der Waals surface area (Å²) in [5, 5.41) is 10.1. The van der Waals surface area contributed by atoms with Crippen LogP contribution in [0.4, 0.5) is 36.2 Å². The number of nitrogens with zero attached hydrogens (tertiary/aromatic N) is 4. The third-order valence-electron chi connectivity index (χ3n) is 9.61. The Morgan fingerprint density at radius 1 is 0.700 bits per heavy atom. The molecule has 7 rings (SSSR count). The van der Waals surface area contributed by atoms with E-state index in [2.05, 4.69) is 56.8 Å². The van der Waals surface area contributed by atoms with Crippen LogP contribution in [0.5, 0.6) is 11.5 Å². The lowest BCUT2D eigenvalue weighted by atomic mass is 9.90. The van der Waals surface area contributed by atoms with Gasteiger partial charge in [0.1, 0.15) is 23.1 Å². The van der Waals surface area contributed by atoms with Crippen LogP contribution in [0, 0.1) is 0 Å². The smallest absolute Gasteiger partial charge is 0.497 e. The Morgan fingerprint density at radius 3 is 1.42 bits per heavy atom. The van der Waals surface area contributed by atoms with Gasteiger partial charge in [0, 0.05) is 84.7 Å². The summed E-state index contributed by atoms with van der Waals surface area (Å²) in [5.41, 5.74) is -1.05. The molecule has 1 saturated carbocycles. The van der Waals surface area contributed by atoms with Gasteiger partial charge in [0.2, 0.25) is 0 Å². The number of methoxy groups -OCH3 is 2. The molecule has 4 aromatic rings. The largest absolute Gasteiger partial charge is 0.522 e. The predicted molar refractivity (Wildman–Crippen MR) is 190 cm³/mol. The monoisotopic (exact) mass is 716 g/mol. The molecule has 0 spiro atoms. The fourth-order valence-corrected chi connectivity index (χ4v) is 7.08. The fraction of sp³-hybridized carbons (Fsp3) is 0.486. The van der Waals surface area contributed by atoms with Crippen LogP contribution in [-0.2, 0) is 10.1 Å². The first-order valence-electron chi connectivity index (χ1n) is 17.0. The Bertz CT molecular complexity index is 1800. The summed E-state index contributed by atoms with van der Waals surface area (Å²) in [4.78, 5) is 15.2. The van der Waals surface area contributed by atoms with Crippen LogP contribution >= 0.6 is 0 Å². The van der Waals surface area contributed by atoms with Crippen molar-refractivity contribution in [2.45, 2.75) is 69.0 Å². The Labute approximate surface area is 289 Å². The summed E-state index contributed by atoms with van der Waals surface area (Å²) >= 11 is 0. The van der Waals surface area contributed by atoms with Crippen molar-refractivity contribution in [3.05, 3.63) is 48.5 Å². The van der Waals surface area contributed by atoms with Crippen LogP contribution in [0.1, 0.15) is 51.4 Å². The van der Waals surface area contributed by atoms with Gasteiger partial charge in [-0.05, 0) is 62.8 Å². The molecule has 4 heterocycles. The molecule has 3 N–H and O–H groups in total. The second-order valence-corrected chi connectivity index (χ2v) is 14.3. The molecule has 15 heteroatoms. The van der Waals surface area contributed by atoms with Gasteiger partial charge in [-0.1, -0.05) is 12.8 Å². The van der Waals surface area contributed by atoms with Crippen molar-refractivity contribution in [2.75, 3.05) is 60.8 Å². The van der Waals surface area contributed by atoms with Crippen molar-refractivity contribution in [1.29, 1.82) is 0 Å². The SMILES string of the molecule is COc1ccc2c(N3CCCC3)cc(N[C@@H]3CCCC[C@H]3Nc3cc(N4CCCC4)c4ccc(OC)cc4n3)nc2c1.O=S(=O)(O)C(F)(F)F. The van der Waals surface area contributed by atoms with E-state index in [0.717, 1.165) is 73.2 Å². The van der Waals surface area contributed by atoms with Crippen LogP contribution in [0.25, 0.3) is 21.8 Å². The molecule has 0 unspecified atom stereocenters. The predicted octanol–water partition coefficient (Wildman–Crippen LogP) is 7.23. The standard InChI is InChI=1S/C34H42N6O2.CHF3O3S/c1-41-23-11-13-25-29(19-23)37-33(21-31(25)39-15-5-6-16-39)35-27-9-3-4-10-28(27)36-34-22-32(40-17-7-8-18-40)26-14-12-24(42-2)20-30(26)38-34;2-1(3,4)8(5,6)7/h11-14,19-22,27-28H,3-10,15-18H2,1-2H3,(H,35,37)(H,36,38);(H,5,6,7)/t27-,28-;/m1./s1. The summed E-state index contributed by atoms with van der Waals surface area (Å²) in [6, 6.07) is 17.5. The van der Waals surface area contributed by atoms with E-state index in [0.29, 0.717) is 0 Å². The summed E-state index contributed by atoms with van der Waals surface area (Å²) in [6.45, 7) is 4.37. The average molecular weight is 717 g/mol. The molecule has 0 bridgehead atoms. The first kappa shape index (κ1) is 35.6. The van der Waals surface area contributed by atoms with Crippen molar-refractivity contribution in [3.63, 3.8) is 0 Å². The molecule has 2 atom stereocenters. The van der Waals surface area contributed by atoms with Crippen LogP contribution in [0.15, 0.2) is 48.5 Å². The van der Waals surface area contributed by atoms with Crippen LogP contribution in [0.2, 0.25) is 0 Å². The molecule has 3 fully saturated rings. The highest BCUT2D eigenvalue weighted by Gasteiger charge is 2.44. The molecule has 50 heavy (non-hydrogen) atoms. The first-order valence-corrected chi connectivity index (χ1v) is 18.4. The minimum absolute atomic E-state index is 0.249. The van der Waals surface area contributed by atoms with Gasteiger partial charge < -0.3 is 29.9 Å². The normalized spacial score (nSPS) is 19.7. The Morgan fingerprint density at radius 2 is 1.08 bits per heavy atom. The van der Waals surface area contributed by atoms with Crippen molar-refractivity contribution in [1.82, 2.24) is 9.97 Å². The molecular formula is C35H43F3N6O5S. The number of fused-ring (bicyclic) bond motifs is 2. The molecule has 1 aliphatic carbocycles. The summed E-state index contributed by atoms with van der Waals surface area (Å²) < 4.78 is 68.6. The van der Waals surface area contributed by atoms with Gasteiger partial charge in [-0.3, -0.25) is 4.55 Å². The van der Waals surface area contributed by atoms with Crippen molar-refractivity contribution >= 4 is 54.9 Å². The number of ether oxygens (including phenoxy) is 2. The lowest BCUT2D eigenvalue weighted by molar-refractivity contribution is -0.0510. The van der Waals surface area contributed by atoms with Gasteiger partial charge in [0.25, 0.3) is 0 Å². The summed E-state index contributed by atoms with van der Waals surface area (Å²) in [5.74, 6) is 3.55. The van der Waals surface area contributed by atoms with Crippen molar-refractivity contribution in [2.24, 2.45) is 0 Å². The van der Waals surface area contributed by atoms with E-state index in [1.165, 1.54) is 60.7 Å². The number of benzene rings is 2. The molecule has 3 aliphatic rings. The van der Waals surface area contributed by atoms with Gasteiger partial charge >= 0.3 is 15.6 Å². The minimum atomic E-state index is -5.84. The highest BCUT2D eigenvalue weighted by atomic mass is 32.2. The second kappa shape index (κ2) is 14.9. The quantitative estimate of drug-likeness (QED) is 0.126. The molecule has 270 valence electrons. The average Bonchev–Trinajstić information content (AvgIpc) is 3.83. The molecule has 2 aromatic carbocycles. The van der Waals surface area contributed by atoms with E-state index in [9.17, 15) is 13.2 Å². The maximum absolute atomic E-state index is 10.7. The maximum Gasteiger partial charge on any atom is 0.522 e. The molecule has 0 amide bonds. The van der Waals surface area contributed by atoms with Crippen LogP contribution in [0.3, 0.4) is 0 Å². The van der Waals surface area contributed by atoms with E-state index in [4.69, 9.17) is 32.4 Å². The van der Waals surface area contributed by atoms with Crippen molar-refractivity contribution in [3.8, 4) is 11.5 Å². The number of aromatic nitrogens is 2. The van der Waals surface area contributed by atoms with Gasteiger partial charge in [0.15, 0.2) is 0 Å². The molecule has 2 aromatic heterocycles. The molecule has 0 radical (unpaired) electrons. The van der Waals surface area contributed by atoms with E-state index in [1.54, 1.807) is 14.2 Å². The highest BCUT2D eigenvalue weighted by Crippen LogP contribution is 2.36. The zero-order chi connectivity index (χ0) is 35.5. The molecule has 11 nitrogen and oxygen atoms in total. The van der Waals surface area contributed by atoms with E-state index >= 15 is 0 Å². The second-order valence-electron chi connectivity index (χ2n) is 12.9. The number of hydrogen-bond acceptors (Lipinski definition) is 10. The Hall–Kier alpha value is -4.24. The van der Waals surface area contributed by atoms with Gasteiger partial charge in [-0.2, -0.15) is 21.6 Å². The Kier molecular flexibility index (Phi) is 10.6. The first-order chi connectivity index (χ1) is 23.9. The van der Waals surface area contributed by atoms with E-state index in [-0.39, 0.29) is 12.1 Å². The zero-order valence-electron chi connectivity index (χ0n) is 28.2. The van der Waals surface area contributed by atoms with Gasteiger partial charge in [0.05, 0.1) is 25.3 Å². The number of rotatable bonds is 8. The topological polar surface area (TPSA) is 129 Å². The number of halogens is 3. The number of pyridine rings is 2. The zero-order valence-corrected chi connectivity index (χ0v) is 29.0. The highest BCUT2D eigenvalue weighted by molar-refractivity contribution is 7.86. The molecular weight excluding hydrogens is 673 g/mol. The third-order valence-corrected chi connectivity index (χ3v) is 10.2. The Balaban J connectivity index is 0.000000485. The lowest BCUT2D eigenvalue weighted by Crippen LogP contribution is -2.42. The fourth-order valence-electron chi connectivity index (χ4n) is 7.08. The number of anilines is 4. The van der Waals surface area contributed by atoms with Gasteiger partial charge in [-0.25, -0.2) is 9.97 Å². The van der Waals surface area contributed by atoms with E-state index in [1.807, 2.05) is 12.1 Å². The van der Waals surface area contributed by atoms with E-state index < -0.39 is 15.6 Å². The third kappa shape index (κ3) is 8.04. The van der Waals surface area contributed by atoms with Crippen LogP contribution in [-0.4, -0.2) is 80.9 Å². The lowest BCUT2D eigenvalue weighted by Gasteiger charge is -2.34. The summed E-state index contributed by atoms with van der Waals surface area (Å²) in [6.07, 6.45) is 9.55. The molecule has 2 aliphatic heterocycles.